The van der Waals surface area contributed by atoms with Crippen LogP contribution in [0.1, 0.15) is 25.7 Å². The lowest BCUT2D eigenvalue weighted by Crippen LogP contribution is -2.57. The summed E-state index contributed by atoms with van der Waals surface area (Å²) in [4.78, 5) is 11.4. The van der Waals surface area contributed by atoms with Gasteiger partial charge in [0, 0.05) is 24.5 Å². The maximum absolute atomic E-state index is 11.4. The summed E-state index contributed by atoms with van der Waals surface area (Å²) in [7, 11) is 0. The zero-order valence-corrected chi connectivity index (χ0v) is 9.54. The zero-order chi connectivity index (χ0) is 11.2. The van der Waals surface area contributed by atoms with E-state index in [1.165, 1.54) is 19.3 Å². The Labute approximate surface area is 95.8 Å². The Morgan fingerprint density at radius 1 is 1.38 bits per heavy atom. The van der Waals surface area contributed by atoms with E-state index in [1.807, 2.05) is 0 Å². The average Bonchev–Trinajstić information content (AvgIpc) is 2.70. The van der Waals surface area contributed by atoms with Crippen molar-refractivity contribution in [3.63, 3.8) is 0 Å². The molecule has 0 radical (unpaired) electrons. The van der Waals surface area contributed by atoms with Gasteiger partial charge in [0.2, 0.25) is 0 Å². The lowest BCUT2D eigenvalue weighted by Gasteiger charge is -2.49. The lowest BCUT2D eigenvalue weighted by atomic mass is 9.60. The Balaban J connectivity index is 1.88. The Kier molecular flexibility index (Phi) is 2.44. The first kappa shape index (κ1) is 10.5. The quantitative estimate of drug-likeness (QED) is 0.605. The van der Waals surface area contributed by atoms with Gasteiger partial charge < -0.3 is 15.7 Å². The Bertz CT molecular complexity index is 307. The fourth-order valence-electron chi connectivity index (χ4n) is 4.08. The van der Waals surface area contributed by atoms with Gasteiger partial charge in [0.05, 0.1) is 5.92 Å². The molecule has 1 saturated carbocycles. The Morgan fingerprint density at radius 3 is 3.06 bits per heavy atom. The molecule has 4 atom stereocenters. The van der Waals surface area contributed by atoms with E-state index in [2.05, 4.69) is 10.6 Å². The van der Waals surface area contributed by atoms with Crippen LogP contribution in [0.4, 0.5) is 0 Å². The van der Waals surface area contributed by atoms with Crippen molar-refractivity contribution in [1.82, 2.24) is 10.6 Å². The summed E-state index contributed by atoms with van der Waals surface area (Å²) in [5.41, 5.74) is -0.0112. The van der Waals surface area contributed by atoms with Gasteiger partial charge in [0.15, 0.2) is 0 Å². The van der Waals surface area contributed by atoms with Crippen LogP contribution in [0.3, 0.4) is 0 Å². The number of carboxylic acid groups (broad SMARTS) is 1. The molecule has 2 bridgehead atoms. The lowest BCUT2D eigenvalue weighted by molar-refractivity contribution is -0.147. The molecule has 3 N–H and O–H groups in total. The summed E-state index contributed by atoms with van der Waals surface area (Å²) in [6, 6.07) is 0.427. The van der Waals surface area contributed by atoms with E-state index in [4.69, 9.17) is 0 Å². The molecule has 4 nitrogen and oxygen atoms in total. The first-order valence-electron chi connectivity index (χ1n) is 6.39. The molecule has 0 aromatic carbocycles. The second-order valence-electron chi connectivity index (χ2n) is 5.69. The molecular formula is C12H20N2O2. The van der Waals surface area contributed by atoms with Crippen molar-refractivity contribution >= 4 is 5.97 Å². The number of hydrogen-bond donors (Lipinski definition) is 3. The van der Waals surface area contributed by atoms with Gasteiger partial charge in [-0.15, -0.1) is 0 Å². The van der Waals surface area contributed by atoms with Crippen LogP contribution in [-0.2, 0) is 4.79 Å². The van der Waals surface area contributed by atoms with Crippen LogP contribution in [0.25, 0.3) is 0 Å². The fraction of sp³-hybridized carbons (Fsp3) is 0.917. The van der Waals surface area contributed by atoms with E-state index in [1.54, 1.807) is 0 Å². The van der Waals surface area contributed by atoms with E-state index < -0.39 is 5.97 Å². The van der Waals surface area contributed by atoms with Crippen molar-refractivity contribution in [1.29, 1.82) is 0 Å². The number of fused-ring (bicyclic) bond motifs is 3. The van der Waals surface area contributed by atoms with E-state index in [9.17, 15) is 9.90 Å². The number of carbonyl (C=O) groups is 1. The number of nitrogens with one attached hydrogen (secondary N) is 2. The molecule has 3 fully saturated rings. The summed E-state index contributed by atoms with van der Waals surface area (Å²) < 4.78 is 0. The van der Waals surface area contributed by atoms with Gasteiger partial charge in [-0.25, -0.2) is 0 Å². The normalized spacial score (nSPS) is 47.1. The van der Waals surface area contributed by atoms with Crippen LogP contribution in [0.15, 0.2) is 0 Å². The smallest absolute Gasteiger partial charge is 0.308 e. The van der Waals surface area contributed by atoms with E-state index >= 15 is 0 Å². The second-order valence-corrected chi connectivity index (χ2v) is 5.69. The van der Waals surface area contributed by atoms with Crippen LogP contribution in [0.5, 0.6) is 0 Å². The van der Waals surface area contributed by atoms with Crippen molar-refractivity contribution in [3.8, 4) is 0 Å². The highest BCUT2D eigenvalue weighted by Crippen LogP contribution is 2.48. The molecule has 1 aliphatic carbocycles. The molecular weight excluding hydrogens is 204 g/mol. The molecule has 2 heterocycles. The van der Waals surface area contributed by atoms with Gasteiger partial charge in [-0.1, -0.05) is 0 Å². The molecule has 3 rings (SSSR count). The van der Waals surface area contributed by atoms with Gasteiger partial charge in [0.25, 0.3) is 0 Å². The van der Waals surface area contributed by atoms with Crippen LogP contribution >= 0.6 is 0 Å². The van der Waals surface area contributed by atoms with Crippen molar-refractivity contribution < 1.29 is 9.90 Å². The largest absolute Gasteiger partial charge is 0.481 e. The molecule has 0 amide bonds. The topological polar surface area (TPSA) is 61.4 Å². The van der Waals surface area contributed by atoms with E-state index in [0.29, 0.717) is 12.6 Å². The minimum absolute atomic E-state index is 0.0112. The van der Waals surface area contributed by atoms with Crippen LogP contribution in [-0.4, -0.2) is 36.8 Å². The molecule has 3 aliphatic rings. The first-order valence-corrected chi connectivity index (χ1v) is 6.39. The van der Waals surface area contributed by atoms with Gasteiger partial charge >= 0.3 is 5.97 Å². The molecule has 4 unspecified atom stereocenters. The minimum atomic E-state index is -0.615. The predicted octanol–water partition coefficient (Wildman–Crippen LogP) is 0.439. The number of rotatable bonds is 1. The molecule has 4 heteroatoms. The van der Waals surface area contributed by atoms with Crippen molar-refractivity contribution in [2.24, 2.45) is 17.3 Å². The first-order chi connectivity index (χ1) is 7.72. The third-order valence-electron chi connectivity index (χ3n) is 5.02. The SMILES string of the molecule is O=C(O)C1CNCC12CCC1CCNC2C1. The summed E-state index contributed by atoms with van der Waals surface area (Å²) >= 11 is 0. The molecule has 90 valence electrons. The molecule has 1 spiro atoms. The summed E-state index contributed by atoms with van der Waals surface area (Å²) in [5, 5.41) is 16.2. The zero-order valence-electron chi connectivity index (χ0n) is 9.54. The summed E-state index contributed by atoms with van der Waals surface area (Å²) in [6.07, 6.45) is 4.77. The standard InChI is InChI=1S/C12H20N2O2/c15-11(16)9-6-13-7-12(9)3-1-8-2-4-14-10(12)5-8/h8-10,13-14H,1-7H2,(H,15,16). The molecule has 16 heavy (non-hydrogen) atoms. The number of carboxylic acids is 1. The highest BCUT2D eigenvalue weighted by atomic mass is 16.4. The number of aliphatic carboxylic acids is 1. The van der Waals surface area contributed by atoms with Crippen molar-refractivity contribution in [2.45, 2.75) is 31.7 Å². The van der Waals surface area contributed by atoms with E-state index in [0.717, 1.165) is 25.4 Å². The van der Waals surface area contributed by atoms with Crippen molar-refractivity contribution in [2.75, 3.05) is 19.6 Å². The third-order valence-corrected chi connectivity index (χ3v) is 5.02. The van der Waals surface area contributed by atoms with Crippen LogP contribution in [0, 0.1) is 17.3 Å². The van der Waals surface area contributed by atoms with Gasteiger partial charge in [-0.2, -0.15) is 0 Å². The molecule has 2 aliphatic heterocycles. The molecule has 0 aromatic heterocycles. The van der Waals surface area contributed by atoms with Crippen LogP contribution < -0.4 is 10.6 Å². The van der Waals surface area contributed by atoms with E-state index in [-0.39, 0.29) is 11.3 Å². The second kappa shape index (κ2) is 3.70. The highest BCUT2D eigenvalue weighted by Gasteiger charge is 2.54. The average molecular weight is 224 g/mol. The Morgan fingerprint density at radius 2 is 2.25 bits per heavy atom. The molecule has 2 saturated heterocycles. The fourth-order valence-corrected chi connectivity index (χ4v) is 4.08. The minimum Gasteiger partial charge on any atom is -0.481 e. The van der Waals surface area contributed by atoms with Gasteiger partial charge in [-0.3, -0.25) is 4.79 Å². The summed E-state index contributed by atoms with van der Waals surface area (Å²) in [6.45, 7) is 2.61. The monoisotopic (exact) mass is 224 g/mol. The van der Waals surface area contributed by atoms with Crippen LogP contribution in [0.2, 0.25) is 0 Å². The van der Waals surface area contributed by atoms with Crippen molar-refractivity contribution in [3.05, 3.63) is 0 Å². The maximum Gasteiger partial charge on any atom is 0.308 e. The predicted molar refractivity (Wildman–Crippen MR) is 60.2 cm³/mol. The number of hydrogen-bond acceptors (Lipinski definition) is 3. The van der Waals surface area contributed by atoms with Gasteiger partial charge in [0.1, 0.15) is 0 Å². The number of piperidine rings is 1. The summed E-state index contributed by atoms with van der Waals surface area (Å²) in [5.74, 6) is 0.0341. The Hall–Kier alpha value is -0.610. The van der Waals surface area contributed by atoms with Gasteiger partial charge in [-0.05, 0) is 38.1 Å². The highest BCUT2D eigenvalue weighted by molar-refractivity contribution is 5.72. The molecule has 0 aromatic rings. The third kappa shape index (κ3) is 1.39. The maximum atomic E-state index is 11.4.